The molecule has 0 amide bonds. The molecule has 0 fully saturated rings. The molecule has 0 aliphatic carbocycles. The van der Waals surface area contributed by atoms with Gasteiger partial charge >= 0.3 is 0 Å². The van der Waals surface area contributed by atoms with Gasteiger partial charge in [-0.1, -0.05) is 11.6 Å². The van der Waals surface area contributed by atoms with Gasteiger partial charge in [0.25, 0.3) is 0 Å². The lowest BCUT2D eigenvalue weighted by Crippen LogP contribution is -1.79. The van der Waals surface area contributed by atoms with Crippen molar-refractivity contribution in [3.63, 3.8) is 0 Å². The van der Waals surface area contributed by atoms with Crippen molar-refractivity contribution in [3.8, 4) is 10.6 Å². The minimum atomic E-state index is -0.411. The topological polar surface area (TPSA) is 12.9 Å². The molecule has 0 N–H and O–H groups in total. The van der Waals surface area contributed by atoms with Gasteiger partial charge < -0.3 is 0 Å². The van der Waals surface area contributed by atoms with Crippen molar-refractivity contribution in [2.45, 2.75) is 0 Å². The van der Waals surface area contributed by atoms with Crippen LogP contribution in [0, 0.1) is 11.2 Å². The summed E-state index contributed by atoms with van der Waals surface area (Å²) < 4.78 is 12.8. The van der Waals surface area contributed by atoms with Crippen molar-refractivity contribution in [1.82, 2.24) is 4.98 Å². The maximum atomic E-state index is 12.8. The van der Waals surface area contributed by atoms with Gasteiger partial charge in [0, 0.05) is 11.8 Å². The number of hydrogen-bond acceptors (Lipinski definition) is 2. The predicted molar refractivity (Wildman–Crippen MR) is 51.4 cm³/mol. The molecule has 4 heteroatoms. The Labute approximate surface area is 83.8 Å². The Kier molecular flexibility index (Phi) is 2.29. The summed E-state index contributed by atoms with van der Waals surface area (Å²) in [6.45, 7) is 0. The zero-order valence-electron chi connectivity index (χ0n) is 6.42. The fraction of sp³-hybridized carbons (Fsp3) is 0. The van der Waals surface area contributed by atoms with E-state index < -0.39 is 5.82 Å². The summed E-state index contributed by atoms with van der Waals surface area (Å²) in [4.78, 5) is 4.04. The zero-order valence-corrected chi connectivity index (χ0v) is 7.99. The number of thiazole rings is 1. The smallest absolute Gasteiger partial charge is 0.141 e. The van der Waals surface area contributed by atoms with Crippen LogP contribution in [0.3, 0.4) is 0 Å². The lowest BCUT2D eigenvalue weighted by Gasteiger charge is -1.97. The van der Waals surface area contributed by atoms with Crippen molar-refractivity contribution >= 4 is 22.9 Å². The molecule has 13 heavy (non-hydrogen) atoms. The SMILES string of the molecule is Fc1ccc(-c2nc[c]s2)cc1Cl. The lowest BCUT2D eigenvalue weighted by atomic mass is 10.2. The molecule has 65 valence electrons. The summed E-state index contributed by atoms with van der Waals surface area (Å²) in [5.41, 5.74) is 0.817. The normalized spacial score (nSPS) is 10.3. The van der Waals surface area contributed by atoms with Crippen molar-refractivity contribution < 1.29 is 4.39 Å². The molecule has 0 bridgehead atoms. The fourth-order valence-corrected chi connectivity index (χ4v) is 1.70. The summed E-state index contributed by atoms with van der Waals surface area (Å²) in [5, 5.41) is 3.77. The fourth-order valence-electron chi connectivity index (χ4n) is 0.956. The Bertz CT molecular complexity index is 414. The van der Waals surface area contributed by atoms with Gasteiger partial charge in [-0.2, -0.15) is 0 Å². The van der Waals surface area contributed by atoms with E-state index in [1.165, 1.54) is 17.4 Å². The molecule has 0 atom stereocenters. The van der Waals surface area contributed by atoms with Gasteiger partial charge in [-0.15, -0.1) is 11.3 Å². The second-order valence-electron chi connectivity index (χ2n) is 2.41. The molecule has 1 heterocycles. The molecular weight excluding hydrogens is 209 g/mol. The highest BCUT2D eigenvalue weighted by Crippen LogP contribution is 2.25. The van der Waals surface area contributed by atoms with Crippen molar-refractivity contribution in [3.05, 3.63) is 40.6 Å². The maximum absolute atomic E-state index is 12.8. The minimum Gasteiger partial charge on any atom is -0.244 e. The molecule has 0 aliphatic rings. The Morgan fingerprint density at radius 2 is 2.31 bits per heavy atom. The Balaban J connectivity index is 2.49. The monoisotopic (exact) mass is 212 g/mol. The van der Waals surface area contributed by atoms with Gasteiger partial charge in [0.1, 0.15) is 10.8 Å². The van der Waals surface area contributed by atoms with Crippen molar-refractivity contribution in [1.29, 1.82) is 0 Å². The molecule has 0 unspecified atom stereocenters. The lowest BCUT2D eigenvalue weighted by molar-refractivity contribution is 0.628. The molecule has 1 aromatic heterocycles. The van der Waals surface area contributed by atoms with E-state index in [0.29, 0.717) is 0 Å². The Hall–Kier alpha value is -0.930. The molecule has 1 radical (unpaired) electrons. The second kappa shape index (κ2) is 3.44. The van der Waals surface area contributed by atoms with E-state index in [-0.39, 0.29) is 5.02 Å². The molecule has 2 aromatic rings. The van der Waals surface area contributed by atoms with Gasteiger partial charge in [0.2, 0.25) is 0 Å². The molecule has 0 saturated heterocycles. The highest BCUT2D eigenvalue weighted by Gasteiger charge is 2.04. The summed E-state index contributed by atoms with van der Waals surface area (Å²) in [6.07, 6.45) is 1.58. The van der Waals surface area contributed by atoms with E-state index in [2.05, 4.69) is 10.4 Å². The highest BCUT2D eigenvalue weighted by atomic mass is 35.5. The van der Waals surface area contributed by atoms with Gasteiger partial charge in [-0.05, 0) is 18.2 Å². The largest absolute Gasteiger partial charge is 0.244 e. The molecule has 1 nitrogen and oxygen atoms in total. The maximum Gasteiger partial charge on any atom is 0.141 e. The minimum absolute atomic E-state index is 0.118. The van der Waals surface area contributed by atoms with Crippen molar-refractivity contribution in [2.75, 3.05) is 0 Å². The average molecular weight is 213 g/mol. The van der Waals surface area contributed by atoms with E-state index in [9.17, 15) is 4.39 Å². The van der Waals surface area contributed by atoms with Crippen LogP contribution < -0.4 is 0 Å². The van der Waals surface area contributed by atoms with E-state index in [1.54, 1.807) is 18.3 Å². The molecule has 0 saturated carbocycles. The van der Waals surface area contributed by atoms with Gasteiger partial charge in [0.15, 0.2) is 0 Å². The molecule has 0 aliphatic heterocycles. The van der Waals surface area contributed by atoms with Crippen molar-refractivity contribution in [2.24, 2.45) is 0 Å². The van der Waals surface area contributed by atoms with Crippen LogP contribution in [0.25, 0.3) is 10.6 Å². The van der Waals surface area contributed by atoms with Crippen LogP contribution >= 0.6 is 22.9 Å². The predicted octanol–water partition coefficient (Wildman–Crippen LogP) is 3.40. The Morgan fingerprint density at radius 3 is 2.92 bits per heavy atom. The number of benzene rings is 1. The molecular formula is C9H4ClFNS. The summed E-state index contributed by atoms with van der Waals surface area (Å²) >= 11 is 7.00. The summed E-state index contributed by atoms with van der Waals surface area (Å²) in [6, 6.07) is 4.54. The first kappa shape index (κ1) is 8.66. The van der Waals surface area contributed by atoms with Gasteiger partial charge in [-0.25, -0.2) is 9.37 Å². The third-order valence-electron chi connectivity index (χ3n) is 1.56. The number of rotatable bonds is 1. The third-order valence-corrected chi connectivity index (χ3v) is 2.60. The number of halogens is 2. The quantitative estimate of drug-likeness (QED) is 0.706. The van der Waals surface area contributed by atoms with Crippen LogP contribution in [0.4, 0.5) is 4.39 Å². The zero-order chi connectivity index (χ0) is 9.26. The second-order valence-corrected chi connectivity index (χ2v) is 3.65. The molecule has 0 spiro atoms. The van der Waals surface area contributed by atoms with E-state index in [1.807, 2.05) is 0 Å². The van der Waals surface area contributed by atoms with Crippen LogP contribution in [0.2, 0.25) is 5.02 Å². The number of hydrogen-bond donors (Lipinski definition) is 0. The van der Waals surface area contributed by atoms with Crippen LogP contribution in [0.5, 0.6) is 0 Å². The van der Waals surface area contributed by atoms with E-state index in [4.69, 9.17) is 11.6 Å². The first-order valence-corrected chi connectivity index (χ1v) is 4.74. The van der Waals surface area contributed by atoms with Crippen LogP contribution in [-0.2, 0) is 0 Å². The van der Waals surface area contributed by atoms with Crippen LogP contribution in [0.1, 0.15) is 0 Å². The first-order chi connectivity index (χ1) is 6.27. The van der Waals surface area contributed by atoms with Gasteiger partial charge in [0.05, 0.1) is 10.4 Å². The molecule has 2 rings (SSSR count). The highest BCUT2D eigenvalue weighted by molar-refractivity contribution is 7.12. The summed E-state index contributed by atoms with van der Waals surface area (Å²) in [5.74, 6) is -0.411. The van der Waals surface area contributed by atoms with Crippen LogP contribution in [-0.4, -0.2) is 4.98 Å². The standard InChI is InChI=1S/C9H4ClFNS/c10-7-5-6(1-2-8(7)11)9-12-3-4-13-9/h1-3,5H. The van der Waals surface area contributed by atoms with Crippen LogP contribution in [0.15, 0.2) is 24.4 Å². The number of aromatic nitrogens is 1. The first-order valence-electron chi connectivity index (χ1n) is 3.54. The number of nitrogens with zero attached hydrogens (tertiary/aromatic N) is 1. The van der Waals surface area contributed by atoms with Gasteiger partial charge in [-0.3, -0.25) is 0 Å². The Morgan fingerprint density at radius 1 is 1.46 bits per heavy atom. The average Bonchev–Trinajstić information content (AvgIpc) is 2.62. The third kappa shape index (κ3) is 1.71. The van der Waals surface area contributed by atoms with E-state index in [0.717, 1.165) is 10.6 Å². The molecule has 1 aromatic carbocycles. The van der Waals surface area contributed by atoms with E-state index >= 15 is 0 Å². The summed E-state index contributed by atoms with van der Waals surface area (Å²) in [7, 11) is 0.